The van der Waals surface area contributed by atoms with E-state index in [0.29, 0.717) is 18.6 Å². The lowest BCUT2D eigenvalue weighted by molar-refractivity contribution is -0.176. The molecule has 0 spiro atoms. The number of aromatic nitrogens is 5. The molecule has 32 heavy (non-hydrogen) atoms. The molecule has 2 N–H and O–H groups in total. The number of rotatable bonds is 5. The number of aliphatic hydroxyl groups is 1. The third-order valence-corrected chi connectivity index (χ3v) is 5.25. The molecule has 3 aromatic rings. The Balaban J connectivity index is 1.65. The van der Waals surface area contributed by atoms with Crippen LogP contribution in [0.5, 0.6) is 0 Å². The maximum atomic E-state index is 13.3. The van der Waals surface area contributed by atoms with E-state index in [1.165, 1.54) is 32.7 Å². The molecule has 3 aromatic heterocycles. The summed E-state index contributed by atoms with van der Waals surface area (Å²) in [5.74, 6) is -1.74. The van der Waals surface area contributed by atoms with Gasteiger partial charge in [0.1, 0.15) is 11.3 Å². The lowest BCUT2D eigenvalue weighted by Crippen LogP contribution is -2.42. The van der Waals surface area contributed by atoms with E-state index in [-0.39, 0.29) is 36.6 Å². The molecule has 4 rings (SSSR count). The number of halogens is 3. The maximum Gasteiger partial charge on any atom is 0.393 e. The number of fused-ring (bicyclic) bond motifs is 1. The fourth-order valence-corrected chi connectivity index (χ4v) is 3.82. The third kappa shape index (κ3) is 4.69. The van der Waals surface area contributed by atoms with Gasteiger partial charge in [0.05, 0.1) is 30.5 Å². The van der Waals surface area contributed by atoms with Crippen LogP contribution in [0.2, 0.25) is 0 Å². The molecular weight excluding hydrogens is 427 g/mol. The number of alkyl halides is 3. The van der Waals surface area contributed by atoms with Crippen molar-refractivity contribution in [2.75, 3.05) is 23.3 Å². The van der Waals surface area contributed by atoms with Crippen LogP contribution in [-0.4, -0.2) is 60.3 Å². The fourth-order valence-electron chi connectivity index (χ4n) is 3.82. The van der Waals surface area contributed by atoms with Crippen molar-refractivity contribution in [1.82, 2.24) is 24.4 Å². The number of hydrogen-bond donors (Lipinski definition) is 2. The summed E-state index contributed by atoms with van der Waals surface area (Å²) < 4.78 is 42.9. The van der Waals surface area contributed by atoms with Crippen molar-refractivity contribution in [2.45, 2.75) is 45.0 Å². The largest absolute Gasteiger partial charge is 0.393 e. The van der Waals surface area contributed by atoms with E-state index in [0.717, 1.165) is 0 Å². The Kier molecular flexibility index (Phi) is 5.57. The highest BCUT2D eigenvalue weighted by molar-refractivity contribution is 6.09. The van der Waals surface area contributed by atoms with E-state index < -0.39 is 23.6 Å². The van der Waals surface area contributed by atoms with Crippen molar-refractivity contribution in [2.24, 2.45) is 5.92 Å². The normalized spacial score (nSPS) is 17.7. The summed E-state index contributed by atoms with van der Waals surface area (Å²) in [6.45, 7) is 3.43. The van der Waals surface area contributed by atoms with Gasteiger partial charge in [0.25, 0.3) is 5.91 Å². The topological polar surface area (TPSA) is 101 Å². The van der Waals surface area contributed by atoms with Crippen LogP contribution in [0.4, 0.5) is 24.7 Å². The van der Waals surface area contributed by atoms with Crippen LogP contribution < -0.4 is 10.2 Å². The molecule has 1 aliphatic heterocycles. The SMILES string of the molecule is CC(C)(O)Cn1cc(NC(=O)c2cnn3cccnc23)c(N2CCCC(C(F)(F)F)C2)n1. The van der Waals surface area contributed by atoms with E-state index in [1.54, 1.807) is 26.1 Å². The van der Waals surface area contributed by atoms with Crippen molar-refractivity contribution in [3.05, 3.63) is 36.4 Å². The summed E-state index contributed by atoms with van der Waals surface area (Å²) in [5.41, 5.74) is -0.269. The zero-order valence-corrected chi connectivity index (χ0v) is 17.7. The van der Waals surface area contributed by atoms with Gasteiger partial charge in [-0.25, -0.2) is 9.50 Å². The van der Waals surface area contributed by atoms with Crippen molar-refractivity contribution in [3.63, 3.8) is 0 Å². The van der Waals surface area contributed by atoms with Crippen molar-refractivity contribution < 1.29 is 23.1 Å². The van der Waals surface area contributed by atoms with Crippen LogP contribution in [0.25, 0.3) is 5.65 Å². The minimum atomic E-state index is -4.31. The Hall–Kier alpha value is -3.15. The molecule has 1 aliphatic rings. The Morgan fingerprint density at radius 2 is 2.12 bits per heavy atom. The van der Waals surface area contributed by atoms with Gasteiger partial charge >= 0.3 is 6.18 Å². The fraction of sp³-hybridized carbons (Fsp3) is 0.500. The van der Waals surface area contributed by atoms with Gasteiger partial charge in [0.15, 0.2) is 11.5 Å². The molecule has 172 valence electrons. The summed E-state index contributed by atoms with van der Waals surface area (Å²) in [4.78, 5) is 18.6. The lowest BCUT2D eigenvalue weighted by atomic mass is 9.97. The highest BCUT2D eigenvalue weighted by Crippen LogP contribution is 2.36. The van der Waals surface area contributed by atoms with Gasteiger partial charge in [-0.3, -0.25) is 9.48 Å². The first-order chi connectivity index (χ1) is 15.0. The number of carbonyl (C=O) groups excluding carboxylic acids is 1. The molecule has 1 amide bonds. The first kappa shape index (κ1) is 22.1. The number of nitrogens with one attached hydrogen (secondary N) is 1. The van der Waals surface area contributed by atoms with Crippen LogP contribution in [0.15, 0.2) is 30.9 Å². The average molecular weight is 451 g/mol. The Bertz CT molecular complexity index is 1120. The van der Waals surface area contributed by atoms with E-state index in [2.05, 4.69) is 20.5 Å². The van der Waals surface area contributed by atoms with Gasteiger partial charge in [-0.15, -0.1) is 0 Å². The summed E-state index contributed by atoms with van der Waals surface area (Å²) in [6.07, 6.45) is 2.18. The molecule has 0 saturated carbocycles. The molecule has 1 fully saturated rings. The molecule has 0 bridgehead atoms. The van der Waals surface area contributed by atoms with E-state index >= 15 is 0 Å². The summed E-state index contributed by atoms with van der Waals surface area (Å²) >= 11 is 0. The quantitative estimate of drug-likeness (QED) is 0.619. The molecule has 1 saturated heterocycles. The third-order valence-electron chi connectivity index (χ3n) is 5.25. The van der Waals surface area contributed by atoms with E-state index in [9.17, 15) is 23.1 Å². The Labute approximate surface area is 181 Å². The molecule has 0 aromatic carbocycles. The van der Waals surface area contributed by atoms with Gasteiger partial charge in [0.2, 0.25) is 0 Å². The Morgan fingerprint density at radius 1 is 1.34 bits per heavy atom. The number of anilines is 2. The first-order valence-electron chi connectivity index (χ1n) is 10.2. The van der Waals surface area contributed by atoms with E-state index in [1.807, 2.05) is 0 Å². The summed E-state index contributed by atoms with van der Waals surface area (Å²) in [6, 6.07) is 1.67. The summed E-state index contributed by atoms with van der Waals surface area (Å²) in [5, 5.41) is 21.4. The zero-order chi connectivity index (χ0) is 23.1. The minimum Gasteiger partial charge on any atom is -0.389 e. The van der Waals surface area contributed by atoms with Crippen LogP contribution in [-0.2, 0) is 6.54 Å². The summed E-state index contributed by atoms with van der Waals surface area (Å²) in [7, 11) is 0. The molecular formula is C20H24F3N7O2. The second-order valence-corrected chi connectivity index (χ2v) is 8.60. The van der Waals surface area contributed by atoms with Gasteiger partial charge in [-0.2, -0.15) is 23.4 Å². The molecule has 9 nitrogen and oxygen atoms in total. The molecule has 4 heterocycles. The van der Waals surface area contributed by atoms with Gasteiger partial charge in [-0.05, 0) is 32.8 Å². The van der Waals surface area contributed by atoms with Crippen LogP contribution >= 0.6 is 0 Å². The maximum absolute atomic E-state index is 13.3. The first-order valence-corrected chi connectivity index (χ1v) is 10.2. The average Bonchev–Trinajstić information content (AvgIpc) is 3.30. The molecule has 12 heteroatoms. The monoisotopic (exact) mass is 451 g/mol. The van der Waals surface area contributed by atoms with Crippen molar-refractivity contribution in [3.8, 4) is 0 Å². The molecule has 1 atom stereocenters. The number of amides is 1. The predicted molar refractivity (Wildman–Crippen MR) is 110 cm³/mol. The highest BCUT2D eigenvalue weighted by atomic mass is 19.4. The second kappa shape index (κ2) is 8.08. The second-order valence-electron chi connectivity index (χ2n) is 8.60. The smallest absolute Gasteiger partial charge is 0.389 e. The van der Waals surface area contributed by atoms with Crippen LogP contribution in [0.1, 0.15) is 37.0 Å². The van der Waals surface area contributed by atoms with Gasteiger partial charge in [0, 0.05) is 25.5 Å². The number of piperidine rings is 1. The predicted octanol–water partition coefficient (Wildman–Crippen LogP) is 2.73. The number of hydrogen-bond acceptors (Lipinski definition) is 6. The standard InChI is InChI=1S/C20H24F3N7O2/c1-19(2,32)12-29-11-15(17(27-29)28-7-3-5-13(10-28)20(21,22)23)26-18(31)14-9-25-30-8-4-6-24-16(14)30/h4,6,8-9,11,13,32H,3,5,7,10,12H2,1-2H3,(H,26,31). The molecule has 0 radical (unpaired) electrons. The van der Waals surface area contributed by atoms with Crippen molar-refractivity contribution >= 4 is 23.1 Å². The molecule has 1 unspecified atom stereocenters. The minimum absolute atomic E-state index is 0.0557. The van der Waals surface area contributed by atoms with E-state index in [4.69, 9.17) is 0 Å². The van der Waals surface area contributed by atoms with Gasteiger partial charge < -0.3 is 15.3 Å². The van der Waals surface area contributed by atoms with Crippen molar-refractivity contribution in [1.29, 1.82) is 0 Å². The zero-order valence-electron chi connectivity index (χ0n) is 17.7. The van der Waals surface area contributed by atoms with Gasteiger partial charge in [-0.1, -0.05) is 0 Å². The number of carbonyl (C=O) groups is 1. The Morgan fingerprint density at radius 3 is 2.84 bits per heavy atom. The number of nitrogens with zero attached hydrogens (tertiary/aromatic N) is 6. The molecule has 0 aliphatic carbocycles. The van der Waals surface area contributed by atoms with Crippen LogP contribution in [0, 0.1) is 5.92 Å². The van der Waals surface area contributed by atoms with Crippen LogP contribution in [0.3, 0.4) is 0 Å². The lowest BCUT2D eigenvalue weighted by Gasteiger charge is -2.34. The highest BCUT2D eigenvalue weighted by Gasteiger charge is 2.42.